The summed E-state index contributed by atoms with van der Waals surface area (Å²) in [6.45, 7) is 6.90. The topological polar surface area (TPSA) is 82.0 Å². The van der Waals surface area contributed by atoms with Gasteiger partial charge in [0.05, 0.1) is 10.5 Å². The summed E-state index contributed by atoms with van der Waals surface area (Å²) in [5, 5.41) is 10.6. The maximum Gasteiger partial charge on any atom is 0.311 e. The Balaban J connectivity index is 3.09. The van der Waals surface area contributed by atoms with Gasteiger partial charge in [0.1, 0.15) is 11.5 Å². The first-order valence-corrected chi connectivity index (χ1v) is 5.97. The fourth-order valence-electron chi connectivity index (χ4n) is 1.39. The lowest BCUT2D eigenvalue weighted by molar-refractivity contribution is -0.384. The second-order valence-corrected chi connectivity index (χ2v) is 4.15. The number of hydrogen-bond acceptors (Lipinski definition) is 4. The average Bonchev–Trinajstić information content (AvgIpc) is 2.38. The van der Waals surface area contributed by atoms with Crippen LogP contribution < -0.4 is 5.73 Å². The van der Waals surface area contributed by atoms with E-state index in [-0.39, 0.29) is 22.8 Å². The highest BCUT2D eigenvalue weighted by Gasteiger charge is 2.11. The highest BCUT2D eigenvalue weighted by Crippen LogP contribution is 2.18. The lowest BCUT2D eigenvalue weighted by atomic mass is 10.1. The Morgan fingerprint density at radius 1 is 1.57 bits per heavy atom. The van der Waals surface area contributed by atoms with Crippen LogP contribution in [0.1, 0.15) is 19.5 Å². The fraction of sp³-hybridized carbons (Fsp3) is 0.133. The maximum absolute atomic E-state index is 13.8. The Morgan fingerprint density at radius 3 is 2.71 bits per heavy atom. The summed E-state index contributed by atoms with van der Waals surface area (Å²) in [6, 6.07) is 2.57. The van der Waals surface area contributed by atoms with E-state index in [4.69, 9.17) is 5.73 Å². The third-order valence-corrected chi connectivity index (χ3v) is 2.34. The van der Waals surface area contributed by atoms with Crippen LogP contribution in [0.2, 0.25) is 0 Å². The smallest absolute Gasteiger partial charge is 0.311 e. The Labute approximate surface area is 121 Å². The molecular formula is C15H14FN3O2. The SMILES string of the molecule is C=C(C)/C=C(F)\C(C#Cc1ccc([N+](=O)[O-])c(N)n1)=C/C. The molecule has 2 N–H and O–H groups in total. The number of aromatic nitrogens is 1. The summed E-state index contributed by atoms with van der Waals surface area (Å²) in [5.74, 6) is 4.48. The van der Waals surface area contributed by atoms with E-state index < -0.39 is 10.8 Å². The minimum Gasteiger partial charge on any atom is -0.378 e. The van der Waals surface area contributed by atoms with Gasteiger partial charge < -0.3 is 5.73 Å². The second-order valence-electron chi connectivity index (χ2n) is 4.15. The number of nitrogens with zero attached hydrogens (tertiary/aromatic N) is 2. The third kappa shape index (κ3) is 4.58. The second kappa shape index (κ2) is 7.01. The quantitative estimate of drug-likeness (QED) is 0.400. The molecule has 0 amide bonds. The molecule has 0 aliphatic rings. The van der Waals surface area contributed by atoms with Crippen LogP contribution in [0.15, 0.2) is 47.8 Å². The molecule has 0 saturated heterocycles. The first-order valence-electron chi connectivity index (χ1n) is 5.97. The highest BCUT2D eigenvalue weighted by molar-refractivity contribution is 5.55. The summed E-state index contributed by atoms with van der Waals surface area (Å²) >= 11 is 0. The van der Waals surface area contributed by atoms with Gasteiger partial charge in [0, 0.05) is 6.07 Å². The van der Waals surface area contributed by atoms with Gasteiger partial charge in [0.15, 0.2) is 0 Å². The van der Waals surface area contributed by atoms with Gasteiger partial charge in [-0.05, 0) is 31.9 Å². The molecule has 1 aromatic heterocycles. The van der Waals surface area contributed by atoms with Gasteiger partial charge in [-0.1, -0.05) is 24.1 Å². The van der Waals surface area contributed by atoms with Gasteiger partial charge in [0.2, 0.25) is 5.82 Å². The van der Waals surface area contributed by atoms with Gasteiger partial charge >= 0.3 is 5.69 Å². The van der Waals surface area contributed by atoms with Crippen molar-refractivity contribution in [2.45, 2.75) is 13.8 Å². The zero-order valence-electron chi connectivity index (χ0n) is 11.7. The monoisotopic (exact) mass is 287 g/mol. The van der Waals surface area contributed by atoms with Crippen LogP contribution >= 0.6 is 0 Å². The molecule has 0 aliphatic heterocycles. The van der Waals surface area contributed by atoms with E-state index in [1.54, 1.807) is 13.8 Å². The average molecular weight is 287 g/mol. The van der Waals surface area contributed by atoms with Crippen LogP contribution in [-0.4, -0.2) is 9.91 Å². The number of rotatable bonds is 3. The molecule has 0 fully saturated rings. The number of hydrogen-bond donors (Lipinski definition) is 1. The Bertz CT molecular complexity index is 709. The van der Waals surface area contributed by atoms with Crippen molar-refractivity contribution in [1.29, 1.82) is 0 Å². The predicted octanol–water partition coefficient (Wildman–Crippen LogP) is 3.30. The van der Waals surface area contributed by atoms with Crippen molar-refractivity contribution in [1.82, 2.24) is 4.98 Å². The highest BCUT2D eigenvalue weighted by atomic mass is 19.1. The van der Waals surface area contributed by atoms with Gasteiger partial charge in [-0.3, -0.25) is 10.1 Å². The summed E-state index contributed by atoms with van der Waals surface area (Å²) in [7, 11) is 0. The maximum atomic E-state index is 13.8. The van der Waals surface area contributed by atoms with Crippen molar-refractivity contribution < 1.29 is 9.31 Å². The molecule has 1 aromatic rings. The normalized spacial score (nSPS) is 11.6. The van der Waals surface area contributed by atoms with Crippen LogP contribution in [0, 0.1) is 22.0 Å². The molecule has 1 rings (SSSR count). The zero-order chi connectivity index (χ0) is 16.0. The molecule has 0 unspecified atom stereocenters. The third-order valence-electron chi connectivity index (χ3n) is 2.34. The summed E-state index contributed by atoms with van der Waals surface area (Å²) in [5.41, 5.74) is 6.12. The molecule has 5 nitrogen and oxygen atoms in total. The fourth-order valence-corrected chi connectivity index (χ4v) is 1.39. The van der Waals surface area contributed by atoms with E-state index in [9.17, 15) is 14.5 Å². The van der Waals surface area contributed by atoms with Crippen LogP contribution in [-0.2, 0) is 0 Å². The Morgan fingerprint density at radius 2 is 2.24 bits per heavy atom. The number of allylic oxidation sites excluding steroid dienone is 5. The summed E-state index contributed by atoms with van der Waals surface area (Å²) in [6.07, 6.45) is 2.78. The van der Waals surface area contributed by atoms with Gasteiger partial charge in [-0.15, -0.1) is 0 Å². The van der Waals surface area contributed by atoms with Gasteiger partial charge in [0.25, 0.3) is 0 Å². The molecule has 0 spiro atoms. The minimum atomic E-state index is -0.633. The van der Waals surface area contributed by atoms with E-state index in [2.05, 4.69) is 23.4 Å². The van der Waals surface area contributed by atoms with Crippen molar-refractivity contribution in [2.75, 3.05) is 5.73 Å². The molecule has 0 bridgehead atoms. The molecule has 0 radical (unpaired) electrons. The van der Waals surface area contributed by atoms with Gasteiger partial charge in [-0.25, -0.2) is 9.37 Å². The Hall–Kier alpha value is -2.94. The lowest BCUT2D eigenvalue weighted by Gasteiger charge is -1.97. The molecule has 1 heterocycles. The van der Waals surface area contributed by atoms with Crippen LogP contribution in [0.5, 0.6) is 0 Å². The number of nitrogens with two attached hydrogens (primary N) is 1. The number of anilines is 1. The largest absolute Gasteiger partial charge is 0.378 e. The summed E-state index contributed by atoms with van der Waals surface area (Å²) in [4.78, 5) is 13.8. The van der Waals surface area contributed by atoms with E-state index >= 15 is 0 Å². The summed E-state index contributed by atoms with van der Waals surface area (Å²) < 4.78 is 13.8. The first kappa shape index (κ1) is 16.1. The van der Waals surface area contributed by atoms with E-state index in [1.807, 2.05) is 0 Å². The minimum absolute atomic E-state index is 0.178. The van der Waals surface area contributed by atoms with Crippen molar-refractivity contribution in [3.8, 4) is 11.8 Å². The van der Waals surface area contributed by atoms with Crippen LogP contribution in [0.25, 0.3) is 0 Å². The first-order chi connectivity index (χ1) is 9.85. The molecule has 0 atom stereocenters. The van der Waals surface area contributed by atoms with E-state index in [1.165, 1.54) is 24.3 Å². The number of nitrogen functional groups attached to an aromatic ring is 1. The zero-order valence-corrected chi connectivity index (χ0v) is 11.7. The molecule has 6 heteroatoms. The molecule has 21 heavy (non-hydrogen) atoms. The standard InChI is InChI=1S/C15H14FN3O2/c1-4-11(13(16)9-10(2)3)5-6-12-7-8-14(19(20)21)15(17)18-12/h4,7-9H,2H2,1,3H3,(H2,17,18)/b11-4-,13-9+. The number of pyridine rings is 1. The molecular weight excluding hydrogens is 273 g/mol. The van der Waals surface area contributed by atoms with Crippen molar-refractivity contribution in [2.24, 2.45) is 0 Å². The van der Waals surface area contributed by atoms with Crippen LogP contribution in [0.3, 0.4) is 0 Å². The predicted molar refractivity (Wildman–Crippen MR) is 79.9 cm³/mol. The molecule has 0 saturated carbocycles. The number of halogens is 1. The van der Waals surface area contributed by atoms with E-state index in [0.29, 0.717) is 5.57 Å². The molecule has 0 aliphatic carbocycles. The van der Waals surface area contributed by atoms with Crippen molar-refractivity contribution in [3.05, 3.63) is 63.6 Å². The van der Waals surface area contributed by atoms with Crippen molar-refractivity contribution >= 4 is 11.5 Å². The Kier molecular flexibility index (Phi) is 5.38. The lowest BCUT2D eigenvalue weighted by Crippen LogP contribution is -1.99. The molecule has 0 aromatic carbocycles. The number of nitro groups is 1. The van der Waals surface area contributed by atoms with Crippen molar-refractivity contribution in [3.63, 3.8) is 0 Å². The van der Waals surface area contributed by atoms with Crippen LogP contribution in [0.4, 0.5) is 15.9 Å². The van der Waals surface area contributed by atoms with E-state index in [0.717, 1.165) is 0 Å². The van der Waals surface area contributed by atoms with Gasteiger partial charge in [-0.2, -0.15) is 0 Å². The molecule has 108 valence electrons.